The van der Waals surface area contributed by atoms with E-state index in [1.807, 2.05) is 0 Å². The van der Waals surface area contributed by atoms with Gasteiger partial charge in [0.1, 0.15) is 10.8 Å². The third kappa shape index (κ3) is 1.74. The molecule has 0 atom stereocenters. The Hall–Kier alpha value is -1.36. The number of aromatic carboxylic acids is 1. The molecular formula is C9H9ClN2O3. The van der Waals surface area contributed by atoms with Crippen molar-refractivity contribution in [2.45, 2.75) is 25.3 Å². The highest BCUT2D eigenvalue weighted by Gasteiger charge is 2.25. The van der Waals surface area contributed by atoms with Crippen molar-refractivity contribution in [1.29, 1.82) is 0 Å². The molecule has 80 valence electrons. The number of aromatic nitrogens is 2. The number of hydrogen-bond acceptors (Lipinski definition) is 3. The van der Waals surface area contributed by atoms with Crippen molar-refractivity contribution in [2.24, 2.45) is 0 Å². The first-order valence-corrected chi connectivity index (χ1v) is 5.00. The van der Waals surface area contributed by atoms with E-state index in [1.165, 1.54) is 10.6 Å². The van der Waals surface area contributed by atoms with Crippen LogP contribution in [0.4, 0.5) is 0 Å². The molecule has 0 radical (unpaired) electrons. The molecule has 0 aromatic carbocycles. The van der Waals surface area contributed by atoms with E-state index >= 15 is 0 Å². The maximum Gasteiger partial charge on any atom is 0.352 e. The second-order valence-electron chi connectivity index (χ2n) is 3.51. The molecule has 1 aromatic rings. The minimum atomic E-state index is -1.15. The lowest BCUT2D eigenvalue weighted by Crippen LogP contribution is -2.34. The average molecular weight is 229 g/mol. The zero-order valence-electron chi connectivity index (χ0n) is 7.81. The minimum Gasteiger partial charge on any atom is -0.477 e. The van der Waals surface area contributed by atoms with Gasteiger partial charge in [-0.25, -0.2) is 9.59 Å². The Bertz CT molecular complexity index is 465. The van der Waals surface area contributed by atoms with Crippen molar-refractivity contribution in [3.63, 3.8) is 0 Å². The smallest absolute Gasteiger partial charge is 0.352 e. The molecule has 1 aromatic heterocycles. The van der Waals surface area contributed by atoms with Crippen LogP contribution in [0.15, 0.2) is 10.9 Å². The van der Waals surface area contributed by atoms with Crippen LogP contribution in [0.5, 0.6) is 0 Å². The van der Waals surface area contributed by atoms with Gasteiger partial charge in [0.15, 0.2) is 0 Å². The highest BCUT2D eigenvalue weighted by atomic mass is 35.5. The monoisotopic (exact) mass is 228 g/mol. The van der Waals surface area contributed by atoms with Gasteiger partial charge in [0.2, 0.25) is 0 Å². The maximum absolute atomic E-state index is 11.5. The largest absolute Gasteiger partial charge is 0.477 e. The normalized spacial score (nSPS) is 16.1. The van der Waals surface area contributed by atoms with Gasteiger partial charge in [-0.2, -0.15) is 4.98 Å². The predicted molar refractivity (Wildman–Crippen MR) is 53.4 cm³/mol. The Kier molecular flexibility index (Phi) is 2.48. The highest BCUT2D eigenvalue weighted by Crippen LogP contribution is 2.31. The molecule has 1 N–H and O–H groups in total. The molecule has 0 amide bonds. The predicted octanol–water partition coefficient (Wildman–Crippen LogP) is 1.32. The van der Waals surface area contributed by atoms with Crippen LogP contribution in [0.3, 0.4) is 0 Å². The summed E-state index contributed by atoms with van der Waals surface area (Å²) in [5.41, 5.74) is -0.658. The number of carboxylic acids is 1. The van der Waals surface area contributed by atoms with Gasteiger partial charge in [0, 0.05) is 12.1 Å². The quantitative estimate of drug-likeness (QED) is 0.775. The van der Waals surface area contributed by atoms with Gasteiger partial charge in [0.05, 0.1) is 0 Å². The van der Waals surface area contributed by atoms with E-state index in [0.717, 1.165) is 19.3 Å². The van der Waals surface area contributed by atoms with E-state index in [0.29, 0.717) is 0 Å². The first-order chi connectivity index (χ1) is 7.09. The van der Waals surface area contributed by atoms with Crippen molar-refractivity contribution in [1.82, 2.24) is 9.55 Å². The van der Waals surface area contributed by atoms with E-state index in [-0.39, 0.29) is 16.9 Å². The number of hydrogen-bond donors (Lipinski definition) is 1. The second kappa shape index (κ2) is 3.66. The fourth-order valence-corrected chi connectivity index (χ4v) is 1.80. The molecule has 2 rings (SSSR count). The van der Waals surface area contributed by atoms with E-state index in [2.05, 4.69) is 4.98 Å². The summed E-state index contributed by atoms with van der Waals surface area (Å²) in [7, 11) is 0. The zero-order chi connectivity index (χ0) is 11.0. The second-order valence-corrected chi connectivity index (χ2v) is 3.89. The number of rotatable bonds is 2. The summed E-state index contributed by atoms with van der Waals surface area (Å²) in [6.07, 6.45) is 2.66. The topological polar surface area (TPSA) is 72.2 Å². The van der Waals surface area contributed by atoms with Crippen LogP contribution in [-0.4, -0.2) is 20.6 Å². The summed E-state index contributed by atoms with van der Waals surface area (Å²) in [5.74, 6) is -1.15. The van der Waals surface area contributed by atoms with E-state index in [4.69, 9.17) is 16.7 Å². The minimum absolute atomic E-state index is 0.0339. The van der Waals surface area contributed by atoms with Crippen LogP contribution in [-0.2, 0) is 0 Å². The fraction of sp³-hybridized carbons (Fsp3) is 0.444. The van der Waals surface area contributed by atoms with Gasteiger partial charge in [0.25, 0.3) is 0 Å². The number of nitrogens with zero attached hydrogens (tertiary/aromatic N) is 2. The van der Waals surface area contributed by atoms with Crippen LogP contribution in [0.2, 0.25) is 5.15 Å². The molecule has 0 unspecified atom stereocenters. The molecular weight excluding hydrogens is 220 g/mol. The molecule has 0 bridgehead atoms. The first kappa shape index (κ1) is 10.2. The van der Waals surface area contributed by atoms with Crippen LogP contribution >= 0.6 is 11.6 Å². The van der Waals surface area contributed by atoms with E-state index in [1.54, 1.807) is 0 Å². The van der Waals surface area contributed by atoms with Gasteiger partial charge in [-0.05, 0) is 19.3 Å². The number of halogens is 1. The van der Waals surface area contributed by atoms with Crippen LogP contribution < -0.4 is 5.69 Å². The van der Waals surface area contributed by atoms with E-state index in [9.17, 15) is 9.59 Å². The van der Waals surface area contributed by atoms with E-state index < -0.39 is 11.7 Å². The molecule has 1 aliphatic carbocycles. The van der Waals surface area contributed by atoms with Gasteiger partial charge in [-0.1, -0.05) is 11.6 Å². The van der Waals surface area contributed by atoms with Crippen molar-refractivity contribution in [3.8, 4) is 0 Å². The Morgan fingerprint density at radius 1 is 1.60 bits per heavy atom. The average Bonchev–Trinajstić information content (AvgIpc) is 2.05. The van der Waals surface area contributed by atoms with Gasteiger partial charge >= 0.3 is 11.7 Å². The fourth-order valence-electron chi connectivity index (χ4n) is 1.63. The Morgan fingerprint density at radius 2 is 2.27 bits per heavy atom. The molecule has 0 spiro atoms. The summed E-state index contributed by atoms with van der Waals surface area (Å²) in [6, 6.07) is 1.18. The molecule has 6 heteroatoms. The van der Waals surface area contributed by atoms with Gasteiger partial charge < -0.3 is 5.11 Å². The lowest BCUT2D eigenvalue weighted by Gasteiger charge is -2.28. The Morgan fingerprint density at radius 3 is 2.73 bits per heavy atom. The maximum atomic E-state index is 11.5. The van der Waals surface area contributed by atoms with Crippen molar-refractivity contribution < 1.29 is 9.90 Å². The lowest BCUT2D eigenvalue weighted by atomic mass is 9.92. The molecule has 1 aliphatic rings. The van der Waals surface area contributed by atoms with Crippen molar-refractivity contribution >= 4 is 17.6 Å². The summed E-state index contributed by atoms with van der Waals surface area (Å²) >= 11 is 5.54. The summed E-state index contributed by atoms with van der Waals surface area (Å²) in [4.78, 5) is 26.0. The SMILES string of the molecule is O=C(O)c1cc(Cl)nc(=O)n1C1CCC1. The van der Waals surface area contributed by atoms with Crippen molar-refractivity contribution in [3.05, 3.63) is 27.4 Å². The van der Waals surface area contributed by atoms with Crippen LogP contribution in [0.1, 0.15) is 35.8 Å². The summed E-state index contributed by atoms with van der Waals surface area (Å²) < 4.78 is 1.22. The Labute approximate surface area is 90.3 Å². The lowest BCUT2D eigenvalue weighted by molar-refractivity contribution is 0.0675. The zero-order valence-corrected chi connectivity index (χ0v) is 8.57. The Balaban J connectivity index is 2.58. The first-order valence-electron chi connectivity index (χ1n) is 4.62. The highest BCUT2D eigenvalue weighted by molar-refractivity contribution is 6.29. The molecule has 5 nitrogen and oxygen atoms in total. The van der Waals surface area contributed by atoms with Crippen molar-refractivity contribution in [2.75, 3.05) is 0 Å². The summed E-state index contributed by atoms with van der Waals surface area (Å²) in [6.45, 7) is 0. The molecule has 0 aliphatic heterocycles. The standard InChI is InChI=1S/C9H9ClN2O3/c10-7-4-6(8(13)14)12(9(15)11-7)5-2-1-3-5/h4-5H,1-3H2,(H,13,14). The number of carboxylic acid groups (broad SMARTS) is 1. The number of carbonyl (C=O) groups is 1. The van der Waals surface area contributed by atoms with Gasteiger partial charge in [-0.3, -0.25) is 4.57 Å². The molecule has 1 saturated carbocycles. The third-order valence-corrected chi connectivity index (χ3v) is 2.78. The van der Waals surface area contributed by atoms with Crippen LogP contribution in [0.25, 0.3) is 0 Å². The molecule has 0 saturated heterocycles. The molecule has 1 heterocycles. The summed E-state index contributed by atoms with van der Waals surface area (Å²) in [5, 5.41) is 8.86. The third-order valence-electron chi connectivity index (χ3n) is 2.58. The molecule has 1 fully saturated rings. The molecule has 15 heavy (non-hydrogen) atoms. The van der Waals surface area contributed by atoms with Gasteiger partial charge in [-0.15, -0.1) is 0 Å². The van der Waals surface area contributed by atoms with Crippen LogP contribution in [0, 0.1) is 0 Å².